The summed E-state index contributed by atoms with van der Waals surface area (Å²) in [5, 5.41) is 0.473. The maximum atomic E-state index is 13.1. The number of hydrogen-bond acceptors (Lipinski definition) is 4. The summed E-state index contributed by atoms with van der Waals surface area (Å²) in [6.45, 7) is 2.36. The first-order valence-corrected chi connectivity index (χ1v) is 6.15. The highest BCUT2D eigenvalue weighted by Crippen LogP contribution is 2.47. The average molecular weight is 352 g/mol. The molecule has 12 heteroatoms. The van der Waals surface area contributed by atoms with Gasteiger partial charge in [0.1, 0.15) is 0 Å². The molecule has 4 nitrogen and oxygen atoms in total. The molecule has 22 heavy (non-hydrogen) atoms. The molecule has 0 aliphatic rings. The van der Waals surface area contributed by atoms with Gasteiger partial charge in [-0.1, -0.05) is 11.3 Å². The fourth-order valence-corrected chi connectivity index (χ4v) is 2.13. The van der Waals surface area contributed by atoms with Crippen LogP contribution in [0, 0.1) is 6.92 Å². The summed E-state index contributed by atoms with van der Waals surface area (Å²) in [5.41, 5.74) is 0.0127. The summed E-state index contributed by atoms with van der Waals surface area (Å²) in [6, 6.07) is 0. The minimum absolute atomic E-state index is 0.0127. The van der Waals surface area contributed by atoms with Gasteiger partial charge in [0.25, 0.3) is 0 Å². The first-order chi connectivity index (χ1) is 9.71. The predicted molar refractivity (Wildman–Crippen MR) is 61.4 cm³/mol. The molecular formula is C10H7F7N2O2S. The Morgan fingerprint density at radius 3 is 1.95 bits per heavy atom. The molecule has 0 spiro atoms. The third kappa shape index (κ3) is 3.05. The molecule has 0 aromatic carbocycles. The Morgan fingerprint density at radius 1 is 1.09 bits per heavy atom. The number of nitrogens with zero attached hydrogens (tertiary/aromatic N) is 1. The van der Waals surface area contributed by atoms with E-state index in [9.17, 15) is 40.3 Å². The van der Waals surface area contributed by atoms with Gasteiger partial charge in [-0.25, -0.2) is 4.98 Å². The number of ketones is 1. The van der Waals surface area contributed by atoms with Gasteiger partial charge in [0.2, 0.25) is 0 Å². The van der Waals surface area contributed by atoms with Gasteiger partial charge in [-0.2, -0.15) is 30.7 Å². The van der Waals surface area contributed by atoms with Crippen LogP contribution in [-0.2, 0) is 4.79 Å². The molecule has 0 saturated carbocycles. The second-order valence-electron chi connectivity index (χ2n) is 4.09. The van der Waals surface area contributed by atoms with Crippen LogP contribution in [0.4, 0.5) is 35.9 Å². The third-order valence-corrected chi connectivity index (χ3v) is 3.55. The predicted octanol–water partition coefficient (Wildman–Crippen LogP) is 3.43. The van der Waals surface area contributed by atoms with Gasteiger partial charge in [-0.05, 0) is 6.92 Å². The third-order valence-electron chi connectivity index (χ3n) is 2.37. The fraction of sp³-hybridized carbons (Fsp3) is 0.500. The van der Waals surface area contributed by atoms with Crippen LogP contribution in [0.3, 0.4) is 0 Å². The summed E-state index contributed by atoms with van der Waals surface area (Å²) in [7, 11) is 0. The highest BCUT2D eigenvalue weighted by Gasteiger charge is 2.76. The van der Waals surface area contributed by atoms with Crippen molar-refractivity contribution in [2.24, 2.45) is 0 Å². The number of amides is 1. The van der Waals surface area contributed by atoms with E-state index >= 15 is 0 Å². The number of aromatic nitrogens is 1. The Kier molecular flexibility index (Phi) is 4.57. The molecule has 0 radical (unpaired) electrons. The highest BCUT2D eigenvalue weighted by molar-refractivity contribution is 7.17. The highest BCUT2D eigenvalue weighted by atomic mass is 32.1. The van der Waals surface area contributed by atoms with E-state index in [2.05, 4.69) is 4.98 Å². The first kappa shape index (κ1) is 18.3. The lowest BCUT2D eigenvalue weighted by molar-refractivity contribution is -0.343. The van der Waals surface area contributed by atoms with Gasteiger partial charge >= 0.3 is 23.9 Å². The van der Waals surface area contributed by atoms with Crippen LogP contribution in [0.1, 0.15) is 22.3 Å². The van der Waals surface area contributed by atoms with Crippen molar-refractivity contribution in [2.75, 3.05) is 5.32 Å². The SMILES string of the molecule is CC(=O)c1sc(NC(=O)C(F)(F)C(F)(F)C(F)(F)F)nc1C. The number of rotatable bonds is 4. The molecule has 0 fully saturated rings. The van der Waals surface area contributed by atoms with Gasteiger partial charge in [0.05, 0.1) is 10.6 Å². The number of Topliss-reactive ketones (excluding diaryl/α,β-unsaturated/α-hetero) is 1. The van der Waals surface area contributed by atoms with Crippen molar-refractivity contribution in [3.63, 3.8) is 0 Å². The summed E-state index contributed by atoms with van der Waals surface area (Å²) >= 11 is 0.378. The number of carbonyl (C=O) groups is 2. The number of anilines is 1. The van der Waals surface area contributed by atoms with Gasteiger partial charge in [0, 0.05) is 6.92 Å². The zero-order valence-corrected chi connectivity index (χ0v) is 11.6. The molecule has 1 amide bonds. The Balaban J connectivity index is 3.07. The second-order valence-corrected chi connectivity index (χ2v) is 5.09. The second kappa shape index (κ2) is 5.48. The molecule has 1 aromatic rings. The lowest BCUT2D eigenvalue weighted by Crippen LogP contribution is -2.57. The van der Waals surface area contributed by atoms with Crippen molar-refractivity contribution < 1.29 is 40.3 Å². The summed E-state index contributed by atoms with van der Waals surface area (Å²) < 4.78 is 87.3. The molecule has 0 bridgehead atoms. The van der Waals surface area contributed by atoms with Crippen molar-refractivity contribution in [3.05, 3.63) is 10.6 Å². The lowest BCUT2D eigenvalue weighted by atomic mass is 10.1. The van der Waals surface area contributed by atoms with Crippen LogP contribution in [0.25, 0.3) is 0 Å². The van der Waals surface area contributed by atoms with E-state index in [1.807, 2.05) is 0 Å². The topological polar surface area (TPSA) is 59.1 Å². The zero-order valence-electron chi connectivity index (χ0n) is 10.8. The van der Waals surface area contributed by atoms with Crippen LogP contribution >= 0.6 is 11.3 Å². The van der Waals surface area contributed by atoms with E-state index in [0.717, 1.165) is 12.2 Å². The molecule has 0 unspecified atom stereocenters. The van der Waals surface area contributed by atoms with E-state index in [-0.39, 0.29) is 10.6 Å². The number of carbonyl (C=O) groups excluding carboxylic acids is 2. The quantitative estimate of drug-likeness (QED) is 0.667. The maximum absolute atomic E-state index is 13.1. The van der Waals surface area contributed by atoms with Gasteiger partial charge < -0.3 is 0 Å². The smallest absolute Gasteiger partial charge is 0.296 e. The van der Waals surface area contributed by atoms with Crippen molar-refractivity contribution in [2.45, 2.75) is 31.9 Å². The Labute approximate surface area is 122 Å². The molecular weight excluding hydrogens is 345 g/mol. The normalized spacial score (nSPS) is 13.1. The lowest BCUT2D eigenvalue weighted by Gasteiger charge is -2.26. The summed E-state index contributed by atoms with van der Waals surface area (Å²) in [4.78, 5) is 25.5. The van der Waals surface area contributed by atoms with Gasteiger partial charge in [0.15, 0.2) is 10.9 Å². The van der Waals surface area contributed by atoms with Crippen molar-refractivity contribution >= 4 is 28.2 Å². The number of nitrogens with one attached hydrogen (secondary N) is 1. The number of halogens is 7. The Morgan fingerprint density at radius 2 is 1.59 bits per heavy atom. The number of thiazole rings is 1. The first-order valence-electron chi connectivity index (χ1n) is 5.34. The minimum atomic E-state index is -6.61. The maximum Gasteiger partial charge on any atom is 0.460 e. The van der Waals surface area contributed by atoms with Crippen LogP contribution < -0.4 is 5.32 Å². The van der Waals surface area contributed by atoms with Crippen molar-refractivity contribution in [1.82, 2.24) is 4.98 Å². The van der Waals surface area contributed by atoms with E-state index in [1.165, 1.54) is 6.92 Å². The van der Waals surface area contributed by atoms with Crippen molar-refractivity contribution in [3.8, 4) is 0 Å². The largest absolute Gasteiger partial charge is 0.460 e. The van der Waals surface area contributed by atoms with E-state index in [0.29, 0.717) is 11.3 Å². The summed E-state index contributed by atoms with van der Waals surface area (Å²) in [5.74, 6) is -16.0. The van der Waals surface area contributed by atoms with Gasteiger partial charge in [-0.15, -0.1) is 0 Å². The fourth-order valence-electron chi connectivity index (χ4n) is 1.27. The zero-order chi connectivity index (χ0) is 17.5. The molecule has 1 heterocycles. The molecule has 1 rings (SSSR count). The Bertz CT molecular complexity index is 609. The van der Waals surface area contributed by atoms with E-state index in [4.69, 9.17) is 0 Å². The average Bonchev–Trinajstić information content (AvgIpc) is 2.68. The van der Waals surface area contributed by atoms with Crippen LogP contribution in [0.15, 0.2) is 0 Å². The summed E-state index contributed by atoms with van der Waals surface area (Å²) in [6.07, 6.45) is -6.61. The molecule has 124 valence electrons. The van der Waals surface area contributed by atoms with Gasteiger partial charge in [-0.3, -0.25) is 14.9 Å². The molecule has 0 saturated heterocycles. The monoisotopic (exact) mass is 352 g/mol. The molecule has 0 aliphatic carbocycles. The molecule has 0 atom stereocenters. The standard InChI is InChI=1S/C10H7F7N2O2S/c1-3-5(4(2)20)22-7(18-3)19-6(21)8(11,12)9(13,14)10(15,16)17/h1-2H3,(H,18,19,21). The molecule has 1 aromatic heterocycles. The number of hydrogen-bond donors (Lipinski definition) is 1. The van der Waals surface area contributed by atoms with Crippen LogP contribution in [0.5, 0.6) is 0 Å². The van der Waals surface area contributed by atoms with E-state index in [1.54, 1.807) is 0 Å². The van der Waals surface area contributed by atoms with Crippen LogP contribution in [-0.4, -0.2) is 34.7 Å². The molecule has 0 aliphatic heterocycles. The number of alkyl halides is 7. The van der Waals surface area contributed by atoms with E-state index < -0.39 is 34.8 Å². The molecule has 1 N–H and O–H groups in total. The minimum Gasteiger partial charge on any atom is -0.296 e. The number of aryl methyl sites for hydroxylation is 1. The van der Waals surface area contributed by atoms with Crippen molar-refractivity contribution in [1.29, 1.82) is 0 Å². The van der Waals surface area contributed by atoms with Crippen LogP contribution in [0.2, 0.25) is 0 Å². The Hall–Kier alpha value is -1.72.